The zero-order valence-electron chi connectivity index (χ0n) is 14.2. The van der Waals surface area contributed by atoms with Gasteiger partial charge in [0.05, 0.1) is 18.1 Å². The third kappa shape index (κ3) is 3.00. The first-order valence-corrected chi connectivity index (χ1v) is 10.0. The van der Waals surface area contributed by atoms with Gasteiger partial charge in [-0.1, -0.05) is 18.2 Å². The van der Waals surface area contributed by atoms with Crippen LogP contribution < -0.4 is 14.2 Å². The summed E-state index contributed by atoms with van der Waals surface area (Å²) in [6.07, 6.45) is 2.33. The summed E-state index contributed by atoms with van der Waals surface area (Å²) in [5, 5.41) is 0. The van der Waals surface area contributed by atoms with E-state index >= 15 is 0 Å². The van der Waals surface area contributed by atoms with Gasteiger partial charge < -0.3 is 9.47 Å². The largest absolute Gasteiger partial charge is 0.493 e. The summed E-state index contributed by atoms with van der Waals surface area (Å²) >= 11 is 0. The molecule has 2 aromatic carbocycles. The van der Waals surface area contributed by atoms with E-state index in [4.69, 9.17) is 9.47 Å². The molecule has 25 heavy (non-hydrogen) atoms. The monoisotopic (exact) mass is 359 g/mol. The average Bonchev–Trinajstić information content (AvgIpc) is 3.23. The SMILES string of the molecule is Cc1ccccc1S(=O)(=O)NCCc1c2c(cc3c1OCC3)OCC2. The second-order valence-electron chi connectivity index (χ2n) is 6.43. The number of rotatable bonds is 5. The van der Waals surface area contributed by atoms with E-state index in [0.717, 1.165) is 46.6 Å². The van der Waals surface area contributed by atoms with E-state index in [1.54, 1.807) is 25.1 Å². The number of fused-ring (bicyclic) bond motifs is 2. The van der Waals surface area contributed by atoms with Crippen molar-refractivity contribution in [3.63, 3.8) is 0 Å². The van der Waals surface area contributed by atoms with E-state index in [2.05, 4.69) is 10.8 Å². The number of hydrogen-bond donors (Lipinski definition) is 1. The Morgan fingerprint density at radius 3 is 2.76 bits per heavy atom. The van der Waals surface area contributed by atoms with Gasteiger partial charge in [-0.25, -0.2) is 13.1 Å². The van der Waals surface area contributed by atoms with E-state index in [9.17, 15) is 8.42 Å². The number of aryl methyl sites for hydroxylation is 1. The fourth-order valence-electron chi connectivity index (χ4n) is 3.60. The van der Waals surface area contributed by atoms with Crippen molar-refractivity contribution in [1.82, 2.24) is 4.72 Å². The zero-order valence-corrected chi connectivity index (χ0v) is 15.0. The van der Waals surface area contributed by atoms with Crippen molar-refractivity contribution in [2.24, 2.45) is 0 Å². The molecule has 0 atom stereocenters. The molecule has 0 aromatic heterocycles. The van der Waals surface area contributed by atoms with Crippen molar-refractivity contribution in [2.75, 3.05) is 19.8 Å². The molecule has 0 radical (unpaired) electrons. The van der Waals surface area contributed by atoms with Crippen LogP contribution in [0.5, 0.6) is 11.5 Å². The van der Waals surface area contributed by atoms with Crippen LogP contribution in [0.2, 0.25) is 0 Å². The molecule has 1 N–H and O–H groups in total. The normalized spacial score (nSPS) is 15.4. The minimum Gasteiger partial charge on any atom is -0.493 e. The highest BCUT2D eigenvalue weighted by atomic mass is 32.2. The molecule has 5 nitrogen and oxygen atoms in total. The van der Waals surface area contributed by atoms with E-state index in [1.807, 2.05) is 6.07 Å². The molecule has 0 fully saturated rings. The Morgan fingerprint density at radius 1 is 1.12 bits per heavy atom. The highest BCUT2D eigenvalue weighted by molar-refractivity contribution is 7.89. The summed E-state index contributed by atoms with van der Waals surface area (Å²) in [7, 11) is -3.51. The van der Waals surface area contributed by atoms with Gasteiger partial charge in [0.1, 0.15) is 11.5 Å². The second kappa shape index (κ2) is 6.35. The predicted molar refractivity (Wildman–Crippen MR) is 94.9 cm³/mol. The van der Waals surface area contributed by atoms with Gasteiger partial charge in [-0.3, -0.25) is 0 Å². The molecule has 0 bridgehead atoms. The lowest BCUT2D eigenvalue weighted by molar-refractivity contribution is 0.353. The van der Waals surface area contributed by atoms with Crippen LogP contribution in [0.4, 0.5) is 0 Å². The smallest absolute Gasteiger partial charge is 0.240 e. The van der Waals surface area contributed by atoms with Crippen molar-refractivity contribution in [2.45, 2.75) is 31.1 Å². The lowest BCUT2D eigenvalue weighted by Crippen LogP contribution is -2.27. The Hall–Kier alpha value is -2.05. The topological polar surface area (TPSA) is 64.6 Å². The maximum Gasteiger partial charge on any atom is 0.240 e. The summed E-state index contributed by atoms with van der Waals surface area (Å²) in [6.45, 7) is 3.50. The number of hydrogen-bond acceptors (Lipinski definition) is 4. The first-order valence-electron chi connectivity index (χ1n) is 8.55. The summed E-state index contributed by atoms with van der Waals surface area (Å²) in [5.41, 5.74) is 4.16. The first-order chi connectivity index (χ1) is 12.1. The summed E-state index contributed by atoms with van der Waals surface area (Å²) in [5.74, 6) is 1.86. The molecular formula is C19H21NO4S. The predicted octanol–water partition coefficient (Wildman–Crippen LogP) is 2.39. The molecular weight excluding hydrogens is 338 g/mol. The fraction of sp³-hybridized carbons (Fsp3) is 0.368. The van der Waals surface area contributed by atoms with Crippen LogP contribution in [-0.4, -0.2) is 28.2 Å². The third-order valence-corrected chi connectivity index (χ3v) is 6.43. The molecule has 2 aliphatic heterocycles. The number of ether oxygens (including phenoxy) is 2. The van der Waals surface area contributed by atoms with Gasteiger partial charge in [0.15, 0.2) is 0 Å². The van der Waals surface area contributed by atoms with Crippen LogP contribution in [-0.2, 0) is 29.3 Å². The molecule has 0 aliphatic carbocycles. The van der Waals surface area contributed by atoms with Gasteiger partial charge in [0.25, 0.3) is 0 Å². The molecule has 0 amide bonds. The molecule has 0 unspecified atom stereocenters. The first kappa shape index (κ1) is 16.4. The van der Waals surface area contributed by atoms with Gasteiger partial charge in [-0.2, -0.15) is 0 Å². The molecule has 0 spiro atoms. The molecule has 4 rings (SSSR count). The van der Waals surface area contributed by atoms with Crippen molar-refractivity contribution < 1.29 is 17.9 Å². The van der Waals surface area contributed by atoms with Gasteiger partial charge in [0.2, 0.25) is 10.0 Å². The van der Waals surface area contributed by atoms with Crippen molar-refractivity contribution in [3.8, 4) is 11.5 Å². The van der Waals surface area contributed by atoms with Crippen LogP contribution in [0.1, 0.15) is 22.3 Å². The van der Waals surface area contributed by atoms with Crippen LogP contribution in [0.15, 0.2) is 35.2 Å². The molecule has 0 saturated carbocycles. The third-order valence-electron chi connectivity index (χ3n) is 4.81. The molecule has 0 saturated heterocycles. The quantitative estimate of drug-likeness (QED) is 0.890. The van der Waals surface area contributed by atoms with Crippen molar-refractivity contribution in [1.29, 1.82) is 0 Å². The van der Waals surface area contributed by atoms with Crippen LogP contribution >= 0.6 is 0 Å². The maximum atomic E-state index is 12.5. The zero-order chi connectivity index (χ0) is 17.4. The summed E-state index contributed by atoms with van der Waals surface area (Å²) in [6, 6.07) is 9.08. The molecule has 2 aliphatic rings. The van der Waals surface area contributed by atoms with E-state index in [0.29, 0.717) is 31.1 Å². The fourth-order valence-corrected chi connectivity index (χ4v) is 4.87. The van der Waals surface area contributed by atoms with E-state index < -0.39 is 10.0 Å². The maximum absolute atomic E-state index is 12.5. The molecule has 2 aromatic rings. The van der Waals surface area contributed by atoms with Gasteiger partial charge >= 0.3 is 0 Å². The van der Waals surface area contributed by atoms with Crippen LogP contribution in [0, 0.1) is 6.92 Å². The number of sulfonamides is 1. The number of benzene rings is 2. The van der Waals surface area contributed by atoms with Crippen molar-refractivity contribution >= 4 is 10.0 Å². The van der Waals surface area contributed by atoms with E-state index in [-0.39, 0.29) is 0 Å². The minimum atomic E-state index is -3.51. The molecule has 2 heterocycles. The highest BCUT2D eigenvalue weighted by Gasteiger charge is 2.26. The van der Waals surface area contributed by atoms with Gasteiger partial charge in [0, 0.05) is 36.1 Å². The minimum absolute atomic E-state index is 0.332. The van der Waals surface area contributed by atoms with Gasteiger partial charge in [-0.15, -0.1) is 0 Å². The molecule has 132 valence electrons. The van der Waals surface area contributed by atoms with Crippen LogP contribution in [0.25, 0.3) is 0 Å². The lowest BCUT2D eigenvalue weighted by atomic mass is 9.97. The standard InChI is InChI=1S/C19H21NO4S/c1-13-4-2-3-5-18(13)25(21,22)20-9-6-16-15-8-11-23-17(15)12-14-7-10-24-19(14)16/h2-5,12,20H,6-11H2,1H3. The van der Waals surface area contributed by atoms with E-state index in [1.165, 1.54) is 0 Å². The Kier molecular flexibility index (Phi) is 4.17. The number of nitrogens with one attached hydrogen (secondary N) is 1. The summed E-state index contributed by atoms with van der Waals surface area (Å²) < 4.78 is 39.3. The second-order valence-corrected chi connectivity index (χ2v) is 8.17. The highest BCUT2D eigenvalue weighted by Crippen LogP contribution is 2.40. The lowest BCUT2D eigenvalue weighted by Gasteiger charge is -2.14. The van der Waals surface area contributed by atoms with Crippen molar-refractivity contribution in [3.05, 3.63) is 52.6 Å². The van der Waals surface area contributed by atoms with Crippen LogP contribution in [0.3, 0.4) is 0 Å². The Morgan fingerprint density at radius 2 is 1.92 bits per heavy atom. The Balaban J connectivity index is 1.54. The average molecular weight is 359 g/mol. The van der Waals surface area contributed by atoms with Gasteiger partial charge in [-0.05, 0) is 31.0 Å². The Bertz CT molecular complexity index is 889. The Labute approximate surface area is 148 Å². The molecule has 6 heteroatoms. The summed E-state index contributed by atoms with van der Waals surface area (Å²) in [4.78, 5) is 0.332.